The Labute approximate surface area is 68.4 Å². The van der Waals surface area contributed by atoms with Crippen LogP contribution >= 0.6 is 0 Å². The van der Waals surface area contributed by atoms with Crippen molar-refractivity contribution >= 4 is 12.6 Å². The van der Waals surface area contributed by atoms with E-state index in [0.717, 1.165) is 0 Å². The Morgan fingerprint density at radius 3 is 2.17 bits per heavy atom. The predicted octanol–water partition coefficient (Wildman–Crippen LogP) is -2.56. The number of hydrogen-bond acceptors (Lipinski definition) is 6. The van der Waals surface area contributed by atoms with Gasteiger partial charge in [-0.3, -0.25) is 0 Å². The van der Waals surface area contributed by atoms with Crippen LogP contribution in [0, 0.1) is 0 Å². The van der Waals surface area contributed by atoms with E-state index in [0.29, 0.717) is 0 Å². The van der Waals surface area contributed by atoms with Gasteiger partial charge in [0.05, 0.1) is 6.61 Å². The van der Waals surface area contributed by atoms with Crippen LogP contribution in [-0.2, 0) is 14.3 Å². The van der Waals surface area contributed by atoms with Gasteiger partial charge in [-0.2, -0.15) is 0 Å². The molecule has 0 spiro atoms. The van der Waals surface area contributed by atoms with Crippen LogP contribution in [0.25, 0.3) is 0 Å². The fraction of sp³-hybridized carbons (Fsp3) is 0.667. The van der Waals surface area contributed by atoms with Gasteiger partial charge in [0.2, 0.25) is 0 Å². The second-order valence-electron chi connectivity index (χ2n) is 2.01. The molecule has 0 saturated heterocycles. The molecule has 0 aromatic rings. The number of hydrogen-bond donors (Lipinski definition) is 3. The molecule has 12 heavy (non-hydrogen) atoms. The summed E-state index contributed by atoms with van der Waals surface area (Å²) in [7, 11) is 0. The molecule has 0 radical (unpaired) electrons. The van der Waals surface area contributed by atoms with Crippen LogP contribution in [0.15, 0.2) is 0 Å². The second kappa shape index (κ2) is 5.78. The van der Waals surface area contributed by atoms with Gasteiger partial charge in [-0.25, -0.2) is 0 Å². The molecule has 6 heteroatoms. The average Bonchev–Trinajstić information content (AvgIpc) is 2.12. The summed E-state index contributed by atoms with van der Waals surface area (Å²) in [6, 6.07) is 0. The van der Waals surface area contributed by atoms with Crippen molar-refractivity contribution in [2.75, 3.05) is 6.61 Å². The molecule has 0 aliphatic rings. The minimum atomic E-state index is -1.79. The highest BCUT2D eigenvalue weighted by atomic mass is 16.6. The highest BCUT2D eigenvalue weighted by Crippen LogP contribution is 1.97. The monoisotopic (exact) mass is 178 g/mol. The van der Waals surface area contributed by atoms with Crippen molar-refractivity contribution in [3.8, 4) is 0 Å². The number of carbonyl (C=O) groups is 2. The maximum atomic E-state index is 10.0. The van der Waals surface area contributed by atoms with Gasteiger partial charge in [-0.1, -0.05) is 0 Å². The molecule has 0 amide bonds. The van der Waals surface area contributed by atoms with Gasteiger partial charge in [0.1, 0.15) is 6.10 Å². The molecule has 0 aliphatic heterocycles. The molecule has 0 aromatic carbocycles. The Morgan fingerprint density at radius 1 is 1.25 bits per heavy atom. The predicted molar refractivity (Wildman–Crippen MR) is 36.1 cm³/mol. The van der Waals surface area contributed by atoms with Crippen molar-refractivity contribution in [1.29, 1.82) is 0 Å². The topological polar surface area (TPSA) is 104 Å². The summed E-state index contributed by atoms with van der Waals surface area (Å²) in [4.78, 5) is 19.9. The summed E-state index contributed by atoms with van der Waals surface area (Å²) in [5.41, 5.74) is 0. The Bertz CT molecular complexity index is 147. The fourth-order valence-corrected chi connectivity index (χ4v) is 0.445. The molecule has 0 heterocycles. The van der Waals surface area contributed by atoms with Crippen molar-refractivity contribution in [2.24, 2.45) is 0 Å². The van der Waals surface area contributed by atoms with E-state index in [-0.39, 0.29) is 12.6 Å². The van der Waals surface area contributed by atoms with Crippen molar-refractivity contribution < 1.29 is 29.6 Å². The molecule has 0 aliphatic carbocycles. The summed E-state index contributed by atoms with van der Waals surface area (Å²) in [6.45, 7) is -0.619. The molecular weight excluding hydrogens is 168 g/mol. The van der Waals surface area contributed by atoms with E-state index in [1.165, 1.54) is 0 Å². The highest BCUT2D eigenvalue weighted by molar-refractivity contribution is 5.57. The number of rotatable bonds is 6. The maximum absolute atomic E-state index is 10.0. The van der Waals surface area contributed by atoms with E-state index in [1.54, 1.807) is 0 Å². The van der Waals surface area contributed by atoms with E-state index in [2.05, 4.69) is 4.74 Å². The molecule has 6 nitrogen and oxygen atoms in total. The Morgan fingerprint density at radius 2 is 1.83 bits per heavy atom. The Hall–Kier alpha value is -0.820. The standard InChI is InChI=1S/C6H10O6/c7-1-4(2-8)12-6(11)5(10)3-9/h1,3-6,8,10-11H,2H2. The van der Waals surface area contributed by atoms with Gasteiger partial charge in [0.25, 0.3) is 0 Å². The molecule has 3 N–H and O–H groups in total. The summed E-state index contributed by atoms with van der Waals surface area (Å²) >= 11 is 0. The third-order valence-corrected chi connectivity index (χ3v) is 1.08. The van der Waals surface area contributed by atoms with Crippen LogP contribution in [0.3, 0.4) is 0 Å². The molecule has 0 saturated carbocycles. The molecule has 3 unspecified atom stereocenters. The zero-order valence-corrected chi connectivity index (χ0v) is 6.16. The molecule has 70 valence electrons. The molecular formula is C6H10O6. The molecule has 3 atom stereocenters. The van der Waals surface area contributed by atoms with Crippen molar-refractivity contribution in [3.05, 3.63) is 0 Å². The first-order chi connectivity index (χ1) is 5.65. The van der Waals surface area contributed by atoms with Gasteiger partial charge >= 0.3 is 0 Å². The fourth-order valence-electron chi connectivity index (χ4n) is 0.445. The SMILES string of the molecule is O=CC(CO)OC(O)C(O)C=O. The van der Waals surface area contributed by atoms with Crippen LogP contribution in [0.5, 0.6) is 0 Å². The van der Waals surface area contributed by atoms with Gasteiger partial charge in [-0.05, 0) is 0 Å². The first-order valence-corrected chi connectivity index (χ1v) is 3.18. The number of ether oxygens (including phenoxy) is 1. The quantitative estimate of drug-likeness (QED) is 0.305. The van der Waals surface area contributed by atoms with Crippen LogP contribution < -0.4 is 0 Å². The van der Waals surface area contributed by atoms with Crippen LogP contribution in [-0.4, -0.2) is 53.0 Å². The van der Waals surface area contributed by atoms with Gasteiger partial charge < -0.3 is 29.6 Å². The molecule has 0 fully saturated rings. The largest absolute Gasteiger partial charge is 0.393 e. The van der Waals surface area contributed by atoms with E-state index in [9.17, 15) is 9.59 Å². The average molecular weight is 178 g/mol. The lowest BCUT2D eigenvalue weighted by Crippen LogP contribution is -2.35. The molecule has 0 aromatic heterocycles. The van der Waals surface area contributed by atoms with Gasteiger partial charge in [0.15, 0.2) is 25.0 Å². The van der Waals surface area contributed by atoms with Crippen LogP contribution in [0.4, 0.5) is 0 Å². The van der Waals surface area contributed by atoms with E-state index in [4.69, 9.17) is 15.3 Å². The van der Waals surface area contributed by atoms with E-state index >= 15 is 0 Å². The minimum absolute atomic E-state index is 0.0594. The minimum Gasteiger partial charge on any atom is -0.393 e. The zero-order chi connectivity index (χ0) is 9.56. The van der Waals surface area contributed by atoms with E-state index < -0.39 is 25.1 Å². The van der Waals surface area contributed by atoms with E-state index in [1.807, 2.05) is 0 Å². The highest BCUT2D eigenvalue weighted by Gasteiger charge is 2.19. The van der Waals surface area contributed by atoms with Crippen LogP contribution in [0.1, 0.15) is 0 Å². The van der Waals surface area contributed by atoms with Crippen molar-refractivity contribution in [1.82, 2.24) is 0 Å². The van der Waals surface area contributed by atoms with Gasteiger partial charge in [0, 0.05) is 0 Å². The third-order valence-electron chi connectivity index (χ3n) is 1.08. The summed E-state index contributed by atoms with van der Waals surface area (Å²) in [6.07, 6.45) is -4.41. The summed E-state index contributed by atoms with van der Waals surface area (Å²) < 4.78 is 4.36. The Balaban J connectivity index is 3.87. The maximum Gasteiger partial charge on any atom is 0.188 e. The lowest BCUT2D eigenvalue weighted by atomic mass is 10.3. The number of aldehydes is 2. The smallest absolute Gasteiger partial charge is 0.188 e. The number of aliphatic hydroxyl groups is 3. The first kappa shape index (κ1) is 11.2. The van der Waals surface area contributed by atoms with Crippen LogP contribution in [0.2, 0.25) is 0 Å². The number of carbonyl (C=O) groups excluding carboxylic acids is 2. The molecule has 0 bridgehead atoms. The Kier molecular flexibility index (Phi) is 5.39. The number of aliphatic hydroxyl groups excluding tert-OH is 3. The van der Waals surface area contributed by atoms with Gasteiger partial charge in [-0.15, -0.1) is 0 Å². The van der Waals surface area contributed by atoms with Crippen molar-refractivity contribution in [3.63, 3.8) is 0 Å². The third kappa shape index (κ3) is 3.54. The van der Waals surface area contributed by atoms with Crippen molar-refractivity contribution in [2.45, 2.75) is 18.5 Å². The molecule has 0 rings (SSSR count). The first-order valence-electron chi connectivity index (χ1n) is 3.18. The summed E-state index contributed by atoms with van der Waals surface area (Å²) in [5.74, 6) is 0. The summed E-state index contributed by atoms with van der Waals surface area (Å²) in [5, 5.41) is 25.8. The lowest BCUT2D eigenvalue weighted by Gasteiger charge is -2.16. The zero-order valence-electron chi connectivity index (χ0n) is 6.16. The normalized spacial score (nSPS) is 17.9. The second-order valence-corrected chi connectivity index (χ2v) is 2.01. The lowest BCUT2D eigenvalue weighted by molar-refractivity contribution is -0.189.